The molecule has 1 fully saturated rings. The Hall–Kier alpha value is -1.75. The van der Waals surface area contributed by atoms with Gasteiger partial charge in [-0.05, 0) is 18.1 Å². The van der Waals surface area contributed by atoms with Gasteiger partial charge < -0.3 is 14.2 Å². The van der Waals surface area contributed by atoms with E-state index >= 15 is 0 Å². The van der Waals surface area contributed by atoms with Gasteiger partial charge in [-0.25, -0.2) is 0 Å². The minimum atomic E-state index is -0.115. The highest BCUT2D eigenvalue weighted by Crippen LogP contribution is 2.32. The number of fused-ring (bicyclic) bond motifs is 1. The first-order valence-electron chi connectivity index (χ1n) is 7.36. The summed E-state index contributed by atoms with van der Waals surface area (Å²) in [6, 6.07) is 7.71. The third kappa shape index (κ3) is 2.97. The molecule has 0 spiro atoms. The molecule has 5 heteroatoms. The molecule has 3 atom stereocenters. The number of nitrogens with zero attached hydrogens (tertiary/aromatic N) is 1. The van der Waals surface area contributed by atoms with Gasteiger partial charge in [0.2, 0.25) is 0 Å². The number of benzene rings is 1. The Morgan fingerprint density at radius 3 is 2.86 bits per heavy atom. The third-order valence-electron chi connectivity index (χ3n) is 4.22. The van der Waals surface area contributed by atoms with Gasteiger partial charge in [0.1, 0.15) is 12.7 Å². The fraction of sp³-hybridized carbons (Fsp3) is 0.562. The average Bonchev–Trinajstić information content (AvgIpc) is 2.87. The van der Waals surface area contributed by atoms with Crippen molar-refractivity contribution in [2.45, 2.75) is 13.0 Å². The number of esters is 1. The second-order valence-corrected chi connectivity index (χ2v) is 5.82. The zero-order valence-corrected chi connectivity index (χ0v) is 12.5. The topological polar surface area (TPSA) is 48.0 Å². The molecular weight excluding hydrogens is 270 g/mol. The Morgan fingerprint density at radius 2 is 2.10 bits per heavy atom. The Morgan fingerprint density at radius 1 is 1.33 bits per heavy atom. The Balaban J connectivity index is 1.58. The van der Waals surface area contributed by atoms with Crippen LogP contribution < -0.4 is 9.47 Å². The minimum Gasteiger partial charge on any atom is -0.486 e. The number of carbonyl (C=O) groups excluding carboxylic acids is 1. The van der Waals surface area contributed by atoms with E-state index in [-0.39, 0.29) is 18.0 Å². The van der Waals surface area contributed by atoms with E-state index in [1.807, 2.05) is 24.3 Å². The molecule has 2 aliphatic rings. The van der Waals surface area contributed by atoms with Gasteiger partial charge in [0.05, 0.1) is 13.0 Å². The third-order valence-corrected chi connectivity index (χ3v) is 4.22. The Bertz CT molecular complexity index is 519. The van der Waals surface area contributed by atoms with Crippen LogP contribution in [-0.4, -0.2) is 50.3 Å². The highest BCUT2D eigenvalue weighted by atomic mass is 16.6. The zero-order chi connectivity index (χ0) is 14.8. The summed E-state index contributed by atoms with van der Waals surface area (Å²) in [5.41, 5.74) is 0. The summed E-state index contributed by atoms with van der Waals surface area (Å²) in [5, 5.41) is 0. The summed E-state index contributed by atoms with van der Waals surface area (Å²) >= 11 is 0. The van der Waals surface area contributed by atoms with Crippen LogP contribution in [0.3, 0.4) is 0 Å². The van der Waals surface area contributed by atoms with Gasteiger partial charge >= 0.3 is 5.97 Å². The van der Waals surface area contributed by atoms with Crippen LogP contribution in [0.2, 0.25) is 0 Å². The number of hydrogen-bond acceptors (Lipinski definition) is 5. The number of carbonyl (C=O) groups is 1. The van der Waals surface area contributed by atoms with Gasteiger partial charge in [-0.2, -0.15) is 0 Å². The van der Waals surface area contributed by atoms with Crippen molar-refractivity contribution < 1.29 is 19.0 Å². The molecule has 0 radical (unpaired) electrons. The van der Waals surface area contributed by atoms with Crippen molar-refractivity contribution in [3.05, 3.63) is 24.3 Å². The van der Waals surface area contributed by atoms with E-state index in [0.717, 1.165) is 31.1 Å². The van der Waals surface area contributed by atoms with Crippen molar-refractivity contribution in [2.24, 2.45) is 11.8 Å². The lowest BCUT2D eigenvalue weighted by atomic mass is 9.99. The lowest BCUT2D eigenvalue weighted by molar-refractivity contribution is -0.146. The van der Waals surface area contributed by atoms with Crippen molar-refractivity contribution in [3.63, 3.8) is 0 Å². The van der Waals surface area contributed by atoms with Gasteiger partial charge in [0, 0.05) is 19.6 Å². The quantitative estimate of drug-likeness (QED) is 0.791. The first kappa shape index (κ1) is 14.2. The van der Waals surface area contributed by atoms with Gasteiger partial charge in [0.15, 0.2) is 11.5 Å². The van der Waals surface area contributed by atoms with E-state index in [0.29, 0.717) is 12.5 Å². The molecular formula is C16H21NO4. The molecule has 1 saturated heterocycles. The van der Waals surface area contributed by atoms with Crippen molar-refractivity contribution >= 4 is 5.97 Å². The molecule has 5 nitrogen and oxygen atoms in total. The van der Waals surface area contributed by atoms with E-state index in [2.05, 4.69) is 11.8 Å². The summed E-state index contributed by atoms with van der Waals surface area (Å²) < 4.78 is 16.6. The van der Waals surface area contributed by atoms with Crippen LogP contribution in [0.15, 0.2) is 24.3 Å². The highest BCUT2D eigenvalue weighted by Gasteiger charge is 2.37. The van der Waals surface area contributed by atoms with Crippen molar-refractivity contribution in [1.82, 2.24) is 4.90 Å². The number of para-hydroxylation sites is 2. The predicted molar refractivity (Wildman–Crippen MR) is 77.5 cm³/mol. The number of hydrogen-bond donors (Lipinski definition) is 0. The lowest BCUT2D eigenvalue weighted by Gasteiger charge is -2.29. The number of methoxy groups -OCH3 is 1. The van der Waals surface area contributed by atoms with E-state index < -0.39 is 0 Å². The lowest BCUT2D eigenvalue weighted by Crippen LogP contribution is -2.40. The highest BCUT2D eigenvalue weighted by molar-refractivity contribution is 5.73. The van der Waals surface area contributed by atoms with Gasteiger partial charge in [-0.1, -0.05) is 19.1 Å². The first-order chi connectivity index (χ1) is 10.2. The summed E-state index contributed by atoms with van der Waals surface area (Å²) in [7, 11) is 1.45. The molecule has 0 aliphatic carbocycles. The van der Waals surface area contributed by atoms with Crippen molar-refractivity contribution in [3.8, 4) is 11.5 Å². The SMILES string of the molecule is COC(=O)C1CN(CC2COc3ccccc3O2)CC1C. The normalized spacial score (nSPS) is 28.4. The fourth-order valence-corrected chi connectivity index (χ4v) is 3.12. The molecule has 3 unspecified atom stereocenters. The second kappa shape index (κ2) is 5.93. The maximum Gasteiger partial charge on any atom is 0.310 e. The summed E-state index contributed by atoms with van der Waals surface area (Å²) in [4.78, 5) is 14.0. The molecule has 0 amide bonds. The van der Waals surface area contributed by atoms with Crippen LogP contribution in [0, 0.1) is 11.8 Å². The number of rotatable bonds is 3. The van der Waals surface area contributed by atoms with Crippen molar-refractivity contribution in [1.29, 1.82) is 0 Å². The van der Waals surface area contributed by atoms with Gasteiger partial charge in [-0.15, -0.1) is 0 Å². The second-order valence-electron chi connectivity index (χ2n) is 5.82. The number of ether oxygens (including phenoxy) is 3. The molecule has 21 heavy (non-hydrogen) atoms. The monoisotopic (exact) mass is 291 g/mol. The molecule has 0 aromatic heterocycles. The molecule has 0 bridgehead atoms. The maximum absolute atomic E-state index is 11.7. The predicted octanol–water partition coefficient (Wildman–Crippen LogP) is 1.57. The molecule has 114 valence electrons. The number of likely N-dealkylation sites (tertiary alicyclic amines) is 1. The van der Waals surface area contributed by atoms with Crippen LogP contribution in [-0.2, 0) is 9.53 Å². The smallest absolute Gasteiger partial charge is 0.310 e. The molecule has 2 heterocycles. The first-order valence-corrected chi connectivity index (χ1v) is 7.36. The standard InChI is InChI=1S/C16H21NO4/c1-11-7-17(9-13(11)16(18)19-2)8-12-10-20-14-5-3-4-6-15(14)21-12/h3-6,11-13H,7-10H2,1-2H3. The molecule has 3 rings (SSSR count). The van der Waals surface area contributed by atoms with E-state index in [9.17, 15) is 4.79 Å². The molecule has 1 aromatic carbocycles. The van der Waals surface area contributed by atoms with Crippen molar-refractivity contribution in [2.75, 3.05) is 33.4 Å². The van der Waals surface area contributed by atoms with Gasteiger partial charge in [0.25, 0.3) is 0 Å². The van der Waals surface area contributed by atoms with E-state index in [1.165, 1.54) is 7.11 Å². The zero-order valence-electron chi connectivity index (χ0n) is 12.5. The summed E-state index contributed by atoms with van der Waals surface area (Å²) in [6.45, 7) is 5.03. The minimum absolute atomic E-state index is 0.00324. The Labute approximate surface area is 124 Å². The average molecular weight is 291 g/mol. The van der Waals surface area contributed by atoms with Gasteiger partial charge in [-0.3, -0.25) is 9.69 Å². The largest absolute Gasteiger partial charge is 0.486 e. The molecule has 0 saturated carbocycles. The molecule has 0 N–H and O–H groups in total. The van der Waals surface area contributed by atoms with Crippen LogP contribution in [0.4, 0.5) is 0 Å². The summed E-state index contributed by atoms with van der Waals surface area (Å²) in [5.74, 6) is 1.76. The van der Waals surface area contributed by atoms with E-state index in [1.54, 1.807) is 0 Å². The fourth-order valence-electron chi connectivity index (χ4n) is 3.12. The Kier molecular flexibility index (Phi) is 4.01. The summed E-state index contributed by atoms with van der Waals surface area (Å²) in [6.07, 6.45) is 0.00324. The maximum atomic E-state index is 11.7. The molecule has 1 aromatic rings. The van der Waals surface area contributed by atoms with Crippen LogP contribution >= 0.6 is 0 Å². The van der Waals surface area contributed by atoms with Crippen LogP contribution in [0.1, 0.15) is 6.92 Å². The van der Waals surface area contributed by atoms with E-state index in [4.69, 9.17) is 14.2 Å². The van der Waals surface area contributed by atoms with Crippen LogP contribution in [0.25, 0.3) is 0 Å². The van der Waals surface area contributed by atoms with Crippen LogP contribution in [0.5, 0.6) is 11.5 Å². The molecule has 2 aliphatic heterocycles.